The molecule has 2 N–H and O–H groups in total. The van der Waals surface area contributed by atoms with E-state index < -0.39 is 30.9 Å². The number of aromatic nitrogens is 1. The molecule has 1 aromatic heterocycles. The number of nitrogens with zero attached hydrogens (tertiary/aromatic N) is 1. The lowest BCUT2D eigenvalue weighted by Crippen LogP contribution is -2.51. The average Bonchev–Trinajstić information content (AvgIpc) is 2.93. The largest absolute Gasteiger partial charge is 0.391 e. The lowest BCUT2D eigenvalue weighted by atomic mass is 10.0. The molecular formula is C17H18F2N2O2. The van der Waals surface area contributed by atoms with Gasteiger partial charge in [-0.2, -0.15) is 0 Å². The molecule has 3 rings (SSSR count). The first kappa shape index (κ1) is 15.7. The van der Waals surface area contributed by atoms with Crippen molar-refractivity contribution in [1.29, 1.82) is 0 Å². The predicted molar refractivity (Wildman–Crippen MR) is 81.5 cm³/mol. The Morgan fingerprint density at radius 2 is 2.04 bits per heavy atom. The van der Waals surface area contributed by atoms with Crippen molar-refractivity contribution < 1.29 is 18.7 Å². The fourth-order valence-electron chi connectivity index (χ4n) is 2.95. The molecule has 0 spiro atoms. The number of benzene rings is 1. The fourth-order valence-corrected chi connectivity index (χ4v) is 2.95. The second-order valence-electron chi connectivity index (χ2n) is 5.96. The van der Waals surface area contributed by atoms with Gasteiger partial charge in [-0.25, -0.2) is 8.78 Å². The Morgan fingerprint density at radius 1 is 1.30 bits per heavy atom. The van der Waals surface area contributed by atoms with Gasteiger partial charge < -0.3 is 15.0 Å². The number of aliphatic hydroxyl groups is 1. The molecule has 4 nitrogen and oxygen atoms in total. The van der Waals surface area contributed by atoms with Crippen LogP contribution < -0.4 is 0 Å². The maximum absolute atomic E-state index is 13.6. The number of piperidine rings is 1. The van der Waals surface area contributed by atoms with Crippen LogP contribution in [0.25, 0.3) is 0 Å². The van der Waals surface area contributed by atoms with Gasteiger partial charge in [-0.15, -0.1) is 0 Å². The summed E-state index contributed by atoms with van der Waals surface area (Å²) in [7, 11) is 0. The summed E-state index contributed by atoms with van der Waals surface area (Å²) >= 11 is 0. The number of aliphatic hydroxyl groups excluding tert-OH is 1. The van der Waals surface area contributed by atoms with E-state index in [0.29, 0.717) is 12.0 Å². The van der Waals surface area contributed by atoms with Crippen molar-refractivity contribution in [2.24, 2.45) is 0 Å². The molecule has 1 aromatic carbocycles. The van der Waals surface area contributed by atoms with Gasteiger partial charge >= 0.3 is 0 Å². The highest BCUT2D eigenvalue weighted by molar-refractivity contribution is 5.95. The molecule has 1 fully saturated rings. The maximum Gasteiger partial charge on any atom is 0.267 e. The summed E-state index contributed by atoms with van der Waals surface area (Å²) in [6.07, 6.45) is 1.98. The van der Waals surface area contributed by atoms with E-state index in [1.165, 1.54) is 6.20 Å². The zero-order valence-electron chi connectivity index (χ0n) is 12.5. The molecule has 1 saturated heterocycles. The van der Waals surface area contributed by atoms with Crippen LogP contribution >= 0.6 is 0 Å². The molecule has 6 heteroatoms. The minimum absolute atomic E-state index is 0.0651. The normalized spacial score (nSPS) is 20.5. The van der Waals surface area contributed by atoms with Gasteiger partial charge in [0.25, 0.3) is 11.8 Å². The first-order chi connectivity index (χ1) is 10.9. The number of carbonyl (C=O) groups is 1. The van der Waals surface area contributed by atoms with E-state index in [9.17, 15) is 18.7 Å². The van der Waals surface area contributed by atoms with Gasteiger partial charge in [-0.1, -0.05) is 30.3 Å². The molecule has 1 aliphatic heterocycles. The van der Waals surface area contributed by atoms with Crippen LogP contribution in [0.1, 0.15) is 27.9 Å². The predicted octanol–water partition coefficient (Wildman–Crippen LogP) is 2.45. The van der Waals surface area contributed by atoms with Crippen molar-refractivity contribution in [3.05, 3.63) is 59.4 Å². The highest BCUT2D eigenvalue weighted by atomic mass is 19.3. The summed E-state index contributed by atoms with van der Waals surface area (Å²) in [6, 6.07) is 9.61. The zero-order valence-corrected chi connectivity index (χ0v) is 12.5. The number of nitrogens with one attached hydrogen (secondary N) is 1. The molecule has 122 valence electrons. The van der Waals surface area contributed by atoms with Crippen LogP contribution in [0.2, 0.25) is 0 Å². The highest BCUT2D eigenvalue weighted by Gasteiger charge is 2.41. The van der Waals surface area contributed by atoms with Gasteiger partial charge in [0.05, 0.1) is 18.2 Å². The van der Waals surface area contributed by atoms with E-state index >= 15 is 0 Å². The molecular weight excluding hydrogens is 302 g/mol. The number of halogens is 2. The Hall–Kier alpha value is -2.21. The van der Waals surface area contributed by atoms with Gasteiger partial charge in [0.15, 0.2) is 0 Å². The van der Waals surface area contributed by atoms with E-state index in [-0.39, 0.29) is 6.54 Å². The number of amides is 1. The van der Waals surface area contributed by atoms with E-state index in [1.54, 1.807) is 6.20 Å². The van der Waals surface area contributed by atoms with Crippen molar-refractivity contribution in [2.75, 3.05) is 13.1 Å². The molecule has 0 bridgehead atoms. The molecule has 2 heterocycles. The zero-order chi connectivity index (χ0) is 16.4. The Balaban J connectivity index is 1.79. The molecule has 23 heavy (non-hydrogen) atoms. The summed E-state index contributed by atoms with van der Waals surface area (Å²) in [6.45, 7) is -0.719. The number of likely N-dealkylation sites (tertiary alicyclic amines) is 1. The third-order valence-corrected chi connectivity index (χ3v) is 3.97. The van der Waals surface area contributed by atoms with Crippen LogP contribution in [0, 0.1) is 0 Å². The van der Waals surface area contributed by atoms with Gasteiger partial charge in [-0.3, -0.25) is 4.79 Å². The summed E-state index contributed by atoms with van der Waals surface area (Å²) in [5, 5.41) is 9.58. The van der Waals surface area contributed by atoms with E-state index in [4.69, 9.17) is 0 Å². The molecule has 0 saturated carbocycles. The summed E-state index contributed by atoms with van der Waals surface area (Å²) in [5.41, 5.74) is 2.16. The molecule has 0 aliphatic carbocycles. The van der Waals surface area contributed by atoms with Crippen LogP contribution in [0.4, 0.5) is 8.78 Å². The van der Waals surface area contributed by atoms with E-state index in [2.05, 4.69) is 4.98 Å². The van der Waals surface area contributed by atoms with Gasteiger partial charge in [-0.05, 0) is 17.5 Å². The molecule has 1 unspecified atom stereocenters. The number of H-pyrrole nitrogens is 1. The van der Waals surface area contributed by atoms with Gasteiger partial charge in [0.1, 0.15) is 0 Å². The first-order valence-corrected chi connectivity index (χ1v) is 7.49. The number of rotatable bonds is 3. The monoisotopic (exact) mass is 320 g/mol. The van der Waals surface area contributed by atoms with E-state index in [0.717, 1.165) is 16.0 Å². The van der Waals surface area contributed by atoms with Crippen LogP contribution in [-0.2, 0) is 6.42 Å². The van der Waals surface area contributed by atoms with Gasteiger partial charge in [0.2, 0.25) is 0 Å². The smallest absolute Gasteiger partial charge is 0.267 e. The lowest BCUT2D eigenvalue weighted by Gasteiger charge is -2.35. The number of hydrogen-bond donors (Lipinski definition) is 2. The number of carbonyl (C=O) groups excluding carboxylic acids is 1. The van der Waals surface area contributed by atoms with Crippen molar-refractivity contribution in [3.8, 4) is 0 Å². The van der Waals surface area contributed by atoms with Crippen molar-refractivity contribution >= 4 is 5.91 Å². The Kier molecular flexibility index (Phi) is 4.17. The quantitative estimate of drug-likeness (QED) is 0.913. The summed E-state index contributed by atoms with van der Waals surface area (Å²) < 4.78 is 27.2. The number of alkyl halides is 2. The Labute approximate surface area is 132 Å². The third-order valence-electron chi connectivity index (χ3n) is 3.97. The topological polar surface area (TPSA) is 56.3 Å². The highest BCUT2D eigenvalue weighted by Crippen LogP contribution is 2.28. The van der Waals surface area contributed by atoms with Crippen molar-refractivity contribution in [2.45, 2.75) is 24.9 Å². The second kappa shape index (κ2) is 6.12. The number of β-amino-alcohol motifs (C(OH)–C–C–N with tert-alkyl or cyclic N) is 1. The van der Waals surface area contributed by atoms with Crippen LogP contribution in [0.5, 0.6) is 0 Å². The van der Waals surface area contributed by atoms with Crippen LogP contribution in [0.3, 0.4) is 0 Å². The molecule has 0 radical (unpaired) electrons. The third kappa shape index (κ3) is 3.59. The Morgan fingerprint density at radius 3 is 2.74 bits per heavy atom. The Bertz CT molecular complexity index is 685. The fraction of sp³-hybridized carbons (Fsp3) is 0.353. The van der Waals surface area contributed by atoms with Crippen LogP contribution in [-0.4, -0.2) is 46.0 Å². The van der Waals surface area contributed by atoms with E-state index in [1.807, 2.05) is 30.3 Å². The summed E-state index contributed by atoms with van der Waals surface area (Å²) in [5.74, 6) is -3.53. The minimum atomic E-state index is -3.05. The molecule has 1 aliphatic rings. The molecule has 1 atom stereocenters. The standard InChI is InChI=1S/C17H18F2N2O2/c18-17(19)7-14(22)10-21(11-17)16(23)15-9-20-8-13(15)6-12-4-2-1-3-5-12/h1-5,8-9,14,20,22H,6-7,10-11H2. The average molecular weight is 320 g/mol. The summed E-state index contributed by atoms with van der Waals surface area (Å²) in [4.78, 5) is 16.5. The second-order valence-corrected chi connectivity index (χ2v) is 5.96. The SMILES string of the molecule is O=C(c1c[nH]cc1Cc1ccccc1)N1CC(O)CC(F)(F)C1. The lowest BCUT2D eigenvalue weighted by molar-refractivity contribution is -0.0972. The van der Waals surface area contributed by atoms with Crippen molar-refractivity contribution in [3.63, 3.8) is 0 Å². The van der Waals surface area contributed by atoms with Gasteiger partial charge in [0, 0.05) is 25.4 Å². The number of hydrogen-bond acceptors (Lipinski definition) is 2. The molecule has 2 aromatic rings. The molecule has 1 amide bonds. The minimum Gasteiger partial charge on any atom is -0.391 e. The van der Waals surface area contributed by atoms with Crippen LogP contribution in [0.15, 0.2) is 42.7 Å². The first-order valence-electron chi connectivity index (χ1n) is 7.49. The maximum atomic E-state index is 13.6. The van der Waals surface area contributed by atoms with Crippen molar-refractivity contribution in [1.82, 2.24) is 9.88 Å². The number of aromatic amines is 1.